The molecule has 7 nitrogen and oxygen atoms in total. The highest BCUT2D eigenvalue weighted by Gasteiger charge is 2.25. The molecule has 1 atom stereocenters. The standard InChI is InChI=1S/C16H21N3O4/c1-11-3-4-13(23-11)16(20)17-9-14-15-12(5-7-22-14)10-19(18-15)6-8-21-2/h3-4,10,14H,5-9H2,1-2H3,(H,17,20). The normalized spacial score (nSPS) is 17.0. The molecule has 7 heteroatoms. The van der Waals surface area contributed by atoms with E-state index in [9.17, 15) is 4.79 Å². The second-order valence-electron chi connectivity index (χ2n) is 5.53. The predicted molar refractivity (Wildman–Crippen MR) is 82.3 cm³/mol. The van der Waals surface area contributed by atoms with Crippen molar-refractivity contribution in [3.05, 3.63) is 41.1 Å². The van der Waals surface area contributed by atoms with E-state index >= 15 is 0 Å². The molecule has 0 fully saturated rings. The van der Waals surface area contributed by atoms with Gasteiger partial charge in [0, 0.05) is 19.9 Å². The molecule has 0 bridgehead atoms. The van der Waals surface area contributed by atoms with Gasteiger partial charge in [-0.25, -0.2) is 0 Å². The lowest BCUT2D eigenvalue weighted by atomic mass is 10.1. The number of carbonyl (C=O) groups is 1. The second-order valence-corrected chi connectivity index (χ2v) is 5.53. The van der Waals surface area contributed by atoms with Crippen molar-refractivity contribution in [2.24, 2.45) is 0 Å². The van der Waals surface area contributed by atoms with Gasteiger partial charge in [-0.2, -0.15) is 5.10 Å². The molecule has 2 aromatic heterocycles. The van der Waals surface area contributed by atoms with Crippen molar-refractivity contribution in [3.8, 4) is 0 Å². The van der Waals surface area contributed by atoms with Crippen LogP contribution in [0.3, 0.4) is 0 Å². The molecule has 1 unspecified atom stereocenters. The second kappa shape index (κ2) is 6.97. The van der Waals surface area contributed by atoms with Crippen LogP contribution in [-0.4, -0.2) is 42.6 Å². The minimum Gasteiger partial charge on any atom is -0.456 e. The SMILES string of the molecule is COCCn1cc2c(n1)C(CNC(=O)c1ccc(C)o1)OCC2. The Bertz CT molecular complexity index is 677. The summed E-state index contributed by atoms with van der Waals surface area (Å²) in [7, 11) is 1.67. The van der Waals surface area contributed by atoms with Gasteiger partial charge >= 0.3 is 0 Å². The Morgan fingerprint density at radius 3 is 3.13 bits per heavy atom. The van der Waals surface area contributed by atoms with Gasteiger partial charge in [0.2, 0.25) is 0 Å². The van der Waals surface area contributed by atoms with Crippen molar-refractivity contribution in [2.45, 2.75) is 26.0 Å². The number of aryl methyl sites for hydroxylation is 1. The number of fused-ring (bicyclic) bond motifs is 1. The van der Waals surface area contributed by atoms with Crippen molar-refractivity contribution in [1.29, 1.82) is 0 Å². The first-order valence-corrected chi connectivity index (χ1v) is 7.69. The molecule has 0 saturated carbocycles. The summed E-state index contributed by atoms with van der Waals surface area (Å²) in [6.45, 7) is 4.12. The Hall–Kier alpha value is -2.12. The van der Waals surface area contributed by atoms with E-state index in [2.05, 4.69) is 10.4 Å². The smallest absolute Gasteiger partial charge is 0.287 e. The minimum absolute atomic E-state index is 0.234. The lowest BCUT2D eigenvalue weighted by Gasteiger charge is -2.22. The zero-order valence-electron chi connectivity index (χ0n) is 13.4. The molecule has 3 heterocycles. The van der Waals surface area contributed by atoms with Crippen LogP contribution in [-0.2, 0) is 22.4 Å². The Kier molecular flexibility index (Phi) is 4.78. The molecule has 1 amide bonds. The quantitative estimate of drug-likeness (QED) is 0.872. The molecule has 0 aliphatic carbocycles. The molecule has 1 aliphatic heterocycles. The monoisotopic (exact) mass is 319 g/mol. The van der Waals surface area contributed by atoms with Gasteiger partial charge in [0.1, 0.15) is 11.9 Å². The fourth-order valence-electron chi connectivity index (χ4n) is 2.62. The van der Waals surface area contributed by atoms with E-state index in [0.29, 0.717) is 37.8 Å². The maximum atomic E-state index is 12.1. The largest absolute Gasteiger partial charge is 0.456 e. The molecule has 0 spiro atoms. The number of rotatable bonds is 6. The highest BCUT2D eigenvalue weighted by atomic mass is 16.5. The third-order valence-corrected chi connectivity index (χ3v) is 3.80. The molecule has 0 aromatic carbocycles. The zero-order chi connectivity index (χ0) is 16.2. The average molecular weight is 319 g/mol. The Balaban J connectivity index is 1.63. The van der Waals surface area contributed by atoms with Gasteiger partial charge in [0.15, 0.2) is 5.76 Å². The van der Waals surface area contributed by atoms with E-state index in [-0.39, 0.29) is 12.0 Å². The fraction of sp³-hybridized carbons (Fsp3) is 0.500. The van der Waals surface area contributed by atoms with Gasteiger partial charge in [-0.3, -0.25) is 9.48 Å². The van der Waals surface area contributed by atoms with Crippen LogP contribution in [0.25, 0.3) is 0 Å². The van der Waals surface area contributed by atoms with E-state index in [1.54, 1.807) is 26.2 Å². The maximum Gasteiger partial charge on any atom is 0.287 e. The highest BCUT2D eigenvalue weighted by Crippen LogP contribution is 2.25. The summed E-state index contributed by atoms with van der Waals surface area (Å²) in [5.74, 6) is 0.778. The maximum absolute atomic E-state index is 12.1. The van der Waals surface area contributed by atoms with E-state index < -0.39 is 0 Å². The Labute approximate surface area is 134 Å². The van der Waals surface area contributed by atoms with Crippen molar-refractivity contribution in [1.82, 2.24) is 15.1 Å². The third kappa shape index (κ3) is 3.62. The summed E-state index contributed by atoms with van der Waals surface area (Å²) in [6.07, 6.45) is 2.63. The van der Waals surface area contributed by atoms with Crippen LogP contribution in [0, 0.1) is 6.92 Å². The predicted octanol–water partition coefficient (Wildman–Crippen LogP) is 1.47. The van der Waals surface area contributed by atoms with E-state index in [0.717, 1.165) is 12.1 Å². The number of nitrogens with zero attached hydrogens (tertiary/aromatic N) is 2. The third-order valence-electron chi connectivity index (χ3n) is 3.80. The molecule has 1 aliphatic rings. The number of nitrogens with one attached hydrogen (secondary N) is 1. The molecular weight excluding hydrogens is 298 g/mol. The van der Waals surface area contributed by atoms with Crippen LogP contribution in [0.4, 0.5) is 0 Å². The lowest BCUT2D eigenvalue weighted by molar-refractivity contribution is 0.0379. The zero-order valence-corrected chi connectivity index (χ0v) is 13.4. The summed E-state index contributed by atoms with van der Waals surface area (Å²) in [4.78, 5) is 12.1. The number of hydrogen-bond donors (Lipinski definition) is 1. The number of ether oxygens (including phenoxy) is 2. The molecule has 3 rings (SSSR count). The van der Waals surface area contributed by atoms with Gasteiger partial charge in [-0.1, -0.05) is 0 Å². The van der Waals surface area contributed by atoms with Crippen molar-refractivity contribution >= 4 is 5.91 Å². The topological polar surface area (TPSA) is 78.5 Å². The number of aromatic nitrogens is 2. The molecule has 0 radical (unpaired) electrons. The molecule has 1 N–H and O–H groups in total. The summed E-state index contributed by atoms with van der Waals surface area (Å²) in [5, 5.41) is 7.41. The summed E-state index contributed by atoms with van der Waals surface area (Å²) in [5.41, 5.74) is 2.06. The average Bonchev–Trinajstić information content (AvgIpc) is 3.16. The number of amides is 1. The highest BCUT2D eigenvalue weighted by molar-refractivity contribution is 5.91. The van der Waals surface area contributed by atoms with Crippen LogP contribution >= 0.6 is 0 Å². The van der Waals surface area contributed by atoms with Crippen molar-refractivity contribution in [2.75, 3.05) is 26.9 Å². The van der Waals surface area contributed by atoms with Gasteiger partial charge in [-0.05, 0) is 31.0 Å². The summed E-state index contributed by atoms with van der Waals surface area (Å²) < 4.78 is 18.0. The number of furan rings is 1. The molecule has 0 saturated heterocycles. The van der Waals surface area contributed by atoms with E-state index in [1.807, 2.05) is 10.9 Å². The first kappa shape index (κ1) is 15.8. The lowest BCUT2D eigenvalue weighted by Crippen LogP contribution is -2.31. The van der Waals surface area contributed by atoms with Crippen LogP contribution in [0.15, 0.2) is 22.7 Å². The van der Waals surface area contributed by atoms with Crippen LogP contribution in [0.2, 0.25) is 0 Å². The minimum atomic E-state index is -0.243. The van der Waals surface area contributed by atoms with E-state index in [4.69, 9.17) is 13.9 Å². The fourth-order valence-corrected chi connectivity index (χ4v) is 2.62. The first-order valence-electron chi connectivity index (χ1n) is 7.69. The van der Waals surface area contributed by atoms with Crippen LogP contribution < -0.4 is 5.32 Å². The first-order chi connectivity index (χ1) is 11.2. The van der Waals surface area contributed by atoms with Crippen LogP contribution in [0.5, 0.6) is 0 Å². The van der Waals surface area contributed by atoms with E-state index in [1.165, 1.54) is 5.56 Å². The van der Waals surface area contributed by atoms with Crippen LogP contribution in [0.1, 0.15) is 33.7 Å². The summed E-state index contributed by atoms with van der Waals surface area (Å²) in [6, 6.07) is 3.43. The summed E-state index contributed by atoms with van der Waals surface area (Å²) >= 11 is 0. The van der Waals surface area contributed by atoms with Crippen molar-refractivity contribution in [3.63, 3.8) is 0 Å². The van der Waals surface area contributed by atoms with Gasteiger partial charge in [0.25, 0.3) is 5.91 Å². The molecular formula is C16H21N3O4. The van der Waals surface area contributed by atoms with Crippen molar-refractivity contribution < 1.29 is 18.7 Å². The Morgan fingerprint density at radius 1 is 1.52 bits per heavy atom. The number of hydrogen-bond acceptors (Lipinski definition) is 5. The molecule has 23 heavy (non-hydrogen) atoms. The number of methoxy groups -OCH3 is 1. The number of carbonyl (C=O) groups excluding carboxylic acids is 1. The van der Waals surface area contributed by atoms with Gasteiger partial charge < -0.3 is 19.2 Å². The molecule has 124 valence electrons. The van der Waals surface area contributed by atoms with Gasteiger partial charge in [-0.15, -0.1) is 0 Å². The Morgan fingerprint density at radius 2 is 2.39 bits per heavy atom. The molecule has 2 aromatic rings. The van der Waals surface area contributed by atoms with Gasteiger partial charge in [0.05, 0.1) is 25.5 Å².